The Bertz CT molecular complexity index is 1130. The highest BCUT2D eigenvalue weighted by molar-refractivity contribution is 9.10. The molecule has 0 aliphatic heterocycles. The minimum absolute atomic E-state index is 0.0664. The lowest BCUT2D eigenvalue weighted by molar-refractivity contribution is -0.139. The lowest BCUT2D eigenvalue weighted by Crippen LogP contribution is -2.52. The summed E-state index contributed by atoms with van der Waals surface area (Å²) in [6.07, 6.45) is 1.74. The number of nitrogens with zero attached hydrogens (tertiary/aromatic N) is 2. The van der Waals surface area contributed by atoms with Crippen molar-refractivity contribution in [3.8, 4) is 0 Å². The molecule has 11 heteroatoms. The Labute approximate surface area is 219 Å². The van der Waals surface area contributed by atoms with Crippen LogP contribution in [0.25, 0.3) is 0 Å². The van der Waals surface area contributed by atoms with Gasteiger partial charge in [-0.25, -0.2) is 8.42 Å². The standard InChI is InChI=1S/C23H28BrCl2N3O4S/c1-5-15(2)27-23(31)16(3)28(13-17-6-8-18(24)9-7-17)22(30)14-29(34(4,32)33)19-10-11-20(25)21(26)12-19/h6-12,15-16H,5,13-14H2,1-4H3,(H,27,31). The molecule has 34 heavy (non-hydrogen) atoms. The van der Waals surface area contributed by atoms with E-state index in [4.69, 9.17) is 23.2 Å². The predicted octanol–water partition coefficient (Wildman–Crippen LogP) is 4.85. The first-order valence-corrected chi connectivity index (χ1v) is 14.0. The first kappa shape index (κ1) is 28.4. The third-order valence-electron chi connectivity index (χ3n) is 5.30. The highest BCUT2D eigenvalue weighted by atomic mass is 79.9. The molecule has 2 atom stereocenters. The van der Waals surface area contributed by atoms with Crippen LogP contribution in [0.4, 0.5) is 5.69 Å². The van der Waals surface area contributed by atoms with Gasteiger partial charge in [-0.1, -0.05) is 58.2 Å². The second-order valence-electron chi connectivity index (χ2n) is 8.01. The Morgan fingerprint density at radius 2 is 1.68 bits per heavy atom. The maximum Gasteiger partial charge on any atom is 0.244 e. The number of carbonyl (C=O) groups excluding carboxylic acids is 2. The van der Waals surface area contributed by atoms with Crippen molar-refractivity contribution in [3.05, 3.63) is 62.5 Å². The Hall–Kier alpha value is -1.81. The molecule has 0 radical (unpaired) electrons. The minimum atomic E-state index is -3.85. The number of benzene rings is 2. The molecule has 0 aliphatic rings. The number of hydrogen-bond acceptors (Lipinski definition) is 4. The molecule has 0 aliphatic carbocycles. The summed E-state index contributed by atoms with van der Waals surface area (Å²) in [5.74, 6) is -0.855. The van der Waals surface area contributed by atoms with Gasteiger partial charge in [0.2, 0.25) is 21.8 Å². The van der Waals surface area contributed by atoms with E-state index < -0.39 is 28.5 Å². The summed E-state index contributed by atoms with van der Waals surface area (Å²) in [6, 6.07) is 10.7. The summed E-state index contributed by atoms with van der Waals surface area (Å²) < 4.78 is 27.0. The molecule has 2 rings (SSSR count). The number of nitrogens with one attached hydrogen (secondary N) is 1. The number of carbonyl (C=O) groups is 2. The van der Waals surface area contributed by atoms with E-state index in [2.05, 4.69) is 21.2 Å². The van der Waals surface area contributed by atoms with E-state index >= 15 is 0 Å². The summed E-state index contributed by atoms with van der Waals surface area (Å²) in [5, 5.41) is 3.31. The van der Waals surface area contributed by atoms with Gasteiger partial charge in [-0.15, -0.1) is 0 Å². The van der Waals surface area contributed by atoms with Crippen LogP contribution < -0.4 is 9.62 Å². The van der Waals surface area contributed by atoms with Gasteiger partial charge in [0.15, 0.2) is 0 Å². The average Bonchev–Trinajstić information content (AvgIpc) is 2.77. The van der Waals surface area contributed by atoms with Crippen LogP contribution in [0, 0.1) is 0 Å². The van der Waals surface area contributed by atoms with Gasteiger partial charge < -0.3 is 10.2 Å². The molecule has 0 bridgehead atoms. The van der Waals surface area contributed by atoms with Crippen LogP contribution in [0.15, 0.2) is 46.9 Å². The Balaban J connectivity index is 2.39. The molecule has 0 saturated heterocycles. The molecule has 2 unspecified atom stereocenters. The van der Waals surface area contributed by atoms with E-state index in [9.17, 15) is 18.0 Å². The fourth-order valence-electron chi connectivity index (χ4n) is 3.09. The molecule has 0 fully saturated rings. The number of rotatable bonds is 10. The lowest BCUT2D eigenvalue weighted by atomic mass is 10.1. The zero-order valence-corrected chi connectivity index (χ0v) is 23.3. The Morgan fingerprint density at radius 1 is 1.06 bits per heavy atom. The maximum absolute atomic E-state index is 13.5. The SMILES string of the molecule is CCC(C)NC(=O)C(C)N(Cc1ccc(Br)cc1)C(=O)CN(c1ccc(Cl)c(Cl)c1)S(C)(=O)=O. The van der Waals surface area contributed by atoms with Crippen LogP contribution >= 0.6 is 39.1 Å². The number of sulfonamides is 1. The first-order valence-electron chi connectivity index (χ1n) is 10.6. The van der Waals surface area contributed by atoms with E-state index in [0.29, 0.717) is 0 Å². The molecule has 2 aromatic rings. The number of anilines is 1. The van der Waals surface area contributed by atoms with Crippen molar-refractivity contribution in [1.29, 1.82) is 0 Å². The first-order chi connectivity index (χ1) is 15.8. The van der Waals surface area contributed by atoms with Gasteiger partial charge in [0, 0.05) is 17.1 Å². The van der Waals surface area contributed by atoms with Crippen molar-refractivity contribution >= 4 is 66.7 Å². The van der Waals surface area contributed by atoms with Gasteiger partial charge >= 0.3 is 0 Å². The van der Waals surface area contributed by atoms with Gasteiger partial charge in [0.1, 0.15) is 12.6 Å². The average molecular weight is 593 g/mol. The van der Waals surface area contributed by atoms with E-state index in [1.54, 1.807) is 6.92 Å². The molecule has 7 nitrogen and oxygen atoms in total. The van der Waals surface area contributed by atoms with Crippen molar-refractivity contribution < 1.29 is 18.0 Å². The van der Waals surface area contributed by atoms with Crippen molar-refractivity contribution in [2.75, 3.05) is 17.1 Å². The summed E-state index contributed by atoms with van der Waals surface area (Å²) in [5.41, 5.74) is 0.991. The van der Waals surface area contributed by atoms with Gasteiger partial charge in [0.05, 0.1) is 22.0 Å². The van der Waals surface area contributed by atoms with Crippen LogP contribution in [-0.2, 0) is 26.2 Å². The molecule has 186 valence electrons. The zero-order valence-electron chi connectivity index (χ0n) is 19.4. The monoisotopic (exact) mass is 591 g/mol. The fourth-order valence-corrected chi connectivity index (χ4v) is 4.49. The minimum Gasteiger partial charge on any atom is -0.352 e. The Kier molecular flexibility index (Phi) is 10.2. The molecule has 0 saturated carbocycles. The number of hydrogen-bond donors (Lipinski definition) is 1. The molecule has 2 amide bonds. The van der Waals surface area contributed by atoms with Crippen molar-refractivity contribution in [2.24, 2.45) is 0 Å². The lowest BCUT2D eigenvalue weighted by Gasteiger charge is -2.32. The van der Waals surface area contributed by atoms with E-state index in [1.807, 2.05) is 38.1 Å². The predicted molar refractivity (Wildman–Crippen MR) is 141 cm³/mol. The summed E-state index contributed by atoms with van der Waals surface area (Å²) in [7, 11) is -3.85. The van der Waals surface area contributed by atoms with Gasteiger partial charge in [0.25, 0.3) is 0 Å². The normalized spacial score (nSPS) is 13.1. The number of halogens is 3. The van der Waals surface area contributed by atoms with Crippen LogP contribution in [-0.4, -0.2) is 50.0 Å². The van der Waals surface area contributed by atoms with Crippen molar-refractivity contribution in [3.63, 3.8) is 0 Å². The topological polar surface area (TPSA) is 86.8 Å². The molecule has 0 spiro atoms. The second-order valence-corrected chi connectivity index (χ2v) is 11.6. The smallest absolute Gasteiger partial charge is 0.244 e. The van der Waals surface area contributed by atoms with Gasteiger partial charge in [-0.05, 0) is 56.2 Å². The quantitative estimate of drug-likeness (QED) is 0.427. The summed E-state index contributed by atoms with van der Waals surface area (Å²) in [6.45, 7) is 5.07. The molecule has 1 N–H and O–H groups in total. The maximum atomic E-state index is 13.5. The van der Waals surface area contributed by atoms with E-state index in [-0.39, 0.29) is 34.2 Å². The van der Waals surface area contributed by atoms with Crippen molar-refractivity contribution in [2.45, 2.75) is 45.8 Å². The fraction of sp³-hybridized carbons (Fsp3) is 0.391. The second kappa shape index (κ2) is 12.2. The van der Waals surface area contributed by atoms with E-state index in [1.165, 1.54) is 23.1 Å². The highest BCUT2D eigenvalue weighted by Gasteiger charge is 2.30. The summed E-state index contributed by atoms with van der Waals surface area (Å²) in [4.78, 5) is 27.7. The number of amides is 2. The molecular formula is C23H28BrCl2N3O4S. The molecular weight excluding hydrogens is 565 g/mol. The summed E-state index contributed by atoms with van der Waals surface area (Å²) >= 11 is 15.4. The van der Waals surface area contributed by atoms with E-state index in [0.717, 1.165) is 27.0 Å². The Morgan fingerprint density at radius 3 is 2.21 bits per heavy atom. The van der Waals surface area contributed by atoms with Gasteiger partial charge in [-0.3, -0.25) is 13.9 Å². The van der Waals surface area contributed by atoms with Crippen LogP contribution in [0.1, 0.15) is 32.8 Å². The molecule has 2 aromatic carbocycles. The third-order valence-corrected chi connectivity index (χ3v) is 7.71. The van der Waals surface area contributed by atoms with Gasteiger partial charge in [-0.2, -0.15) is 0 Å². The largest absolute Gasteiger partial charge is 0.352 e. The van der Waals surface area contributed by atoms with Crippen LogP contribution in [0.3, 0.4) is 0 Å². The molecule has 0 heterocycles. The zero-order chi connectivity index (χ0) is 25.6. The van der Waals surface area contributed by atoms with Crippen molar-refractivity contribution in [1.82, 2.24) is 10.2 Å². The third kappa shape index (κ3) is 7.86. The van der Waals surface area contributed by atoms with Crippen LogP contribution in [0.2, 0.25) is 10.0 Å². The van der Waals surface area contributed by atoms with Crippen LogP contribution in [0.5, 0.6) is 0 Å². The molecule has 0 aromatic heterocycles. The highest BCUT2D eigenvalue weighted by Crippen LogP contribution is 2.28.